The lowest BCUT2D eigenvalue weighted by Crippen LogP contribution is -2.30. The van der Waals surface area contributed by atoms with Gasteiger partial charge in [0.05, 0.1) is 18.2 Å². The third-order valence-electron chi connectivity index (χ3n) is 8.71. The van der Waals surface area contributed by atoms with Crippen molar-refractivity contribution in [1.29, 1.82) is 0 Å². The fraction of sp³-hybridized carbons (Fsp3) is 0.538. The number of unbranched alkanes of at least 4 members (excludes halogenated alkanes) is 2. The van der Waals surface area contributed by atoms with Crippen LogP contribution in [0.4, 0.5) is 0 Å². The van der Waals surface area contributed by atoms with Crippen molar-refractivity contribution in [1.82, 2.24) is 10.0 Å². The maximum Gasteiger partial charge on any atom is 0.0775 e. The van der Waals surface area contributed by atoms with Gasteiger partial charge in [-0.2, -0.15) is 0 Å². The number of aliphatic hydroxyl groups is 2. The van der Waals surface area contributed by atoms with Gasteiger partial charge in [-0.15, -0.1) is 0 Å². The second-order valence-electron chi connectivity index (χ2n) is 12.2. The van der Waals surface area contributed by atoms with Gasteiger partial charge in [0.1, 0.15) is 0 Å². The summed E-state index contributed by atoms with van der Waals surface area (Å²) >= 11 is 1.60. The Balaban J connectivity index is 0.000000338. The zero-order valence-corrected chi connectivity index (χ0v) is 28.3. The predicted molar refractivity (Wildman–Crippen MR) is 189 cm³/mol. The summed E-state index contributed by atoms with van der Waals surface area (Å²) in [4.78, 5) is 1.20. The second-order valence-corrected chi connectivity index (χ2v) is 13.2. The van der Waals surface area contributed by atoms with Crippen LogP contribution in [0.5, 0.6) is 0 Å². The molecule has 0 heterocycles. The molecule has 0 saturated heterocycles. The molecule has 0 radical (unpaired) electrons. The molecule has 4 N–H and O–H groups in total. The molecule has 1 fully saturated rings. The predicted octanol–water partition coefficient (Wildman–Crippen LogP) is 9.17. The summed E-state index contributed by atoms with van der Waals surface area (Å²) in [6.45, 7) is 7.95. The van der Waals surface area contributed by atoms with Gasteiger partial charge in [-0.25, -0.2) is 0 Å². The number of aliphatic hydroxyl groups excluding tert-OH is 2. The molecule has 0 spiro atoms. The van der Waals surface area contributed by atoms with Crippen LogP contribution in [0, 0.1) is 0 Å². The third-order valence-corrected chi connectivity index (χ3v) is 9.53. The average molecular weight is 619 g/mol. The Labute approximate surface area is 272 Å². The molecule has 1 saturated carbocycles. The summed E-state index contributed by atoms with van der Waals surface area (Å²) in [6, 6.07) is 27.7. The fourth-order valence-corrected chi connectivity index (χ4v) is 6.76. The first kappa shape index (κ1) is 36.3. The van der Waals surface area contributed by atoms with Crippen LogP contribution >= 0.6 is 11.9 Å². The number of benzene rings is 3. The lowest BCUT2D eigenvalue weighted by molar-refractivity contribution is 0.138. The Bertz CT molecular complexity index is 1130. The minimum Gasteiger partial charge on any atom is -0.392 e. The zero-order chi connectivity index (χ0) is 31.4. The average Bonchev–Trinajstić information content (AvgIpc) is 3.39. The molecule has 44 heavy (non-hydrogen) atoms. The molecular formula is C39H58N2O2S. The molecule has 0 aliphatic heterocycles. The van der Waals surface area contributed by atoms with Crippen LogP contribution in [0.15, 0.2) is 83.8 Å². The monoisotopic (exact) mass is 618 g/mol. The molecular weight excluding hydrogens is 561 g/mol. The number of rotatable bonds is 13. The van der Waals surface area contributed by atoms with E-state index in [2.05, 4.69) is 91.5 Å². The van der Waals surface area contributed by atoms with E-state index in [1.807, 2.05) is 18.2 Å². The smallest absolute Gasteiger partial charge is 0.0775 e. The van der Waals surface area contributed by atoms with Crippen molar-refractivity contribution in [3.8, 4) is 0 Å². The zero-order valence-electron chi connectivity index (χ0n) is 27.5. The van der Waals surface area contributed by atoms with Crippen molar-refractivity contribution in [2.45, 2.75) is 127 Å². The minimum atomic E-state index is -0.364. The highest BCUT2D eigenvalue weighted by Crippen LogP contribution is 2.33. The lowest BCUT2D eigenvalue weighted by atomic mass is 9.84. The lowest BCUT2D eigenvalue weighted by Gasteiger charge is -2.22. The molecule has 2 aliphatic rings. The molecule has 4 nitrogen and oxygen atoms in total. The number of aryl methyl sites for hydroxylation is 1. The molecule has 2 aliphatic carbocycles. The van der Waals surface area contributed by atoms with E-state index in [0.717, 1.165) is 38.1 Å². The van der Waals surface area contributed by atoms with Crippen LogP contribution in [0.3, 0.4) is 0 Å². The van der Waals surface area contributed by atoms with E-state index in [9.17, 15) is 10.2 Å². The topological polar surface area (TPSA) is 64.5 Å². The molecule has 3 unspecified atom stereocenters. The highest BCUT2D eigenvalue weighted by atomic mass is 32.2. The largest absolute Gasteiger partial charge is 0.392 e. The third kappa shape index (κ3) is 13.1. The van der Waals surface area contributed by atoms with E-state index in [4.69, 9.17) is 0 Å². The Morgan fingerprint density at radius 3 is 2.14 bits per heavy atom. The molecule has 5 heteroatoms. The van der Waals surface area contributed by atoms with E-state index in [1.54, 1.807) is 11.9 Å². The van der Waals surface area contributed by atoms with E-state index in [-0.39, 0.29) is 18.2 Å². The summed E-state index contributed by atoms with van der Waals surface area (Å²) in [5.41, 5.74) is 5.34. The molecule has 0 aromatic heterocycles. The summed E-state index contributed by atoms with van der Waals surface area (Å²) in [5, 5.41) is 24.1. The van der Waals surface area contributed by atoms with Crippen LogP contribution in [0.25, 0.3) is 0 Å². The number of hydrogen-bond acceptors (Lipinski definition) is 5. The van der Waals surface area contributed by atoms with E-state index in [0.29, 0.717) is 6.54 Å². The van der Waals surface area contributed by atoms with Crippen LogP contribution in [0.2, 0.25) is 0 Å². The Morgan fingerprint density at radius 2 is 1.50 bits per heavy atom. The van der Waals surface area contributed by atoms with E-state index in [1.165, 1.54) is 78.5 Å². The quantitative estimate of drug-likeness (QED) is 0.114. The van der Waals surface area contributed by atoms with Gasteiger partial charge in [0, 0.05) is 17.9 Å². The van der Waals surface area contributed by atoms with Crippen molar-refractivity contribution in [2.24, 2.45) is 0 Å². The normalized spacial score (nSPS) is 18.4. The van der Waals surface area contributed by atoms with Crippen LogP contribution in [0.1, 0.15) is 119 Å². The first-order chi connectivity index (χ1) is 21.5. The van der Waals surface area contributed by atoms with Crippen LogP contribution in [-0.2, 0) is 12.8 Å². The number of nitrogens with one attached hydrogen (secondary N) is 2. The Morgan fingerprint density at radius 1 is 0.818 bits per heavy atom. The van der Waals surface area contributed by atoms with Crippen molar-refractivity contribution < 1.29 is 10.2 Å². The van der Waals surface area contributed by atoms with Crippen molar-refractivity contribution >= 4 is 11.9 Å². The maximum atomic E-state index is 10.3. The molecule has 242 valence electrons. The van der Waals surface area contributed by atoms with Gasteiger partial charge < -0.3 is 15.5 Å². The van der Waals surface area contributed by atoms with Crippen molar-refractivity contribution in [2.75, 3.05) is 13.1 Å². The molecule has 3 aromatic rings. The van der Waals surface area contributed by atoms with Crippen LogP contribution < -0.4 is 10.0 Å². The van der Waals surface area contributed by atoms with Gasteiger partial charge in [-0.05, 0) is 90.9 Å². The summed E-state index contributed by atoms with van der Waals surface area (Å²) in [6.07, 6.45) is 13.6. The van der Waals surface area contributed by atoms with Gasteiger partial charge in [0.15, 0.2) is 0 Å². The molecule has 5 rings (SSSR count). The molecule has 0 amide bonds. The molecule has 3 atom stereocenters. The summed E-state index contributed by atoms with van der Waals surface area (Å²) in [5.74, 6) is 0.745. The first-order valence-electron chi connectivity index (χ1n) is 17.3. The highest BCUT2D eigenvalue weighted by Gasteiger charge is 2.29. The van der Waals surface area contributed by atoms with Gasteiger partial charge in [0.25, 0.3) is 0 Å². The van der Waals surface area contributed by atoms with Crippen molar-refractivity contribution in [3.63, 3.8) is 0 Å². The number of fused-ring (bicyclic) bond motifs is 1. The van der Waals surface area contributed by atoms with Gasteiger partial charge in [-0.3, -0.25) is 4.72 Å². The fourth-order valence-electron chi connectivity index (χ4n) is 6.05. The SMILES string of the molecule is CCCCC.CCc1ccccc1.OC(CCCNC1c2ccccc2CC1O)CNSc1ccc(C2CCCCC2)cc1. The van der Waals surface area contributed by atoms with E-state index < -0.39 is 0 Å². The number of hydrogen-bond donors (Lipinski definition) is 4. The van der Waals surface area contributed by atoms with Gasteiger partial charge in [-0.1, -0.05) is 126 Å². The Hall–Kier alpha value is -2.15. The van der Waals surface area contributed by atoms with Crippen LogP contribution in [-0.4, -0.2) is 35.5 Å². The Kier molecular flexibility index (Phi) is 17.8. The highest BCUT2D eigenvalue weighted by molar-refractivity contribution is 7.97. The summed E-state index contributed by atoms with van der Waals surface area (Å²) < 4.78 is 3.31. The minimum absolute atomic E-state index is 0.0126. The van der Waals surface area contributed by atoms with Crippen molar-refractivity contribution in [3.05, 3.63) is 101 Å². The molecule has 3 aromatic carbocycles. The van der Waals surface area contributed by atoms with Gasteiger partial charge >= 0.3 is 0 Å². The first-order valence-corrected chi connectivity index (χ1v) is 18.1. The standard InChI is InChI=1S/C26H36N2O2S.C8H10.C5H12/c29-22(10-6-16-27-26-24-11-5-4-9-21(24)17-25(26)30)18-28-31-23-14-12-20(13-15-23)19-7-2-1-3-8-19;1-2-8-6-4-3-5-7-8;1-3-5-4-2/h4-5,9,11-15,19,22,25-30H,1-3,6-8,10,16-18H2;3-7H,2H2,1H3;3-5H2,1-2H3. The summed E-state index contributed by atoms with van der Waals surface area (Å²) in [7, 11) is 0. The maximum absolute atomic E-state index is 10.3. The van der Waals surface area contributed by atoms with E-state index >= 15 is 0 Å². The van der Waals surface area contributed by atoms with Gasteiger partial charge in [0.2, 0.25) is 0 Å². The molecule has 0 bridgehead atoms. The second kappa shape index (κ2) is 21.6.